The van der Waals surface area contributed by atoms with E-state index in [4.69, 9.17) is 11.6 Å². The molecule has 1 aliphatic rings. The van der Waals surface area contributed by atoms with Gasteiger partial charge in [0.25, 0.3) is 5.91 Å². The lowest BCUT2D eigenvalue weighted by Gasteiger charge is -2.31. The Balaban J connectivity index is 1.50. The van der Waals surface area contributed by atoms with Crippen molar-refractivity contribution in [2.75, 3.05) is 18.4 Å². The second-order valence-corrected chi connectivity index (χ2v) is 9.87. The predicted octanol–water partition coefficient (Wildman–Crippen LogP) is 4.57. The standard InChI is InChI=1S/C19H23ClN4O2S2/c1-3-12(2)27-19-23-22-18(28-19)21-16(25)13-8-10-24(11-9-13)17(26)14-4-6-15(20)7-5-14/h4-7,12-13H,3,8-11H2,1-2H3,(H,21,22,25). The van der Waals surface area contributed by atoms with Gasteiger partial charge >= 0.3 is 0 Å². The Morgan fingerprint density at radius 3 is 2.61 bits per heavy atom. The maximum atomic E-state index is 12.6. The first-order valence-corrected chi connectivity index (χ1v) is 11.4. The van der Waals surface area contributed by atoms with E-state index in [-0.39, 0.29) is 17.7 Å². The normalized spacial score (nSPS) is 16.0. The van der Waals surface area contributed by atoms with Crippen LogP contribution in [-0.4, -0.2) is 45.3 Å². The van der Waals surface area contributed by atoms with Gasteiger partial charge in [-0.3, -0.25) is 9.59 Å². The minimum Gasteiger partial charge on any atom is -0.339 e. The molecule has 0 radical (unpaired) electrons. The molecule has 2 heterocycles. The van der Waals surface area contributed by atoms with E-state index in [9.17, 15) is 9.59 Å². The molecule has 6 nitrogen and oxygen atoms in total. The third kappa shape index (κ3) is 5.46. The van der Waals surface area contributed by atoms with Crippen LogP contribution in [0.25, 0.3) is 0 Å². The summed E-state index contributed by atoms with van der Waals surface area (Å²) in [7, 11) is 0. The summed E-state index contributed by atoms with van der Waals surface area (Å²) in [6, 6.07) is 6.89. The lowest BCUT2D eigenvalue weighted by Crippen LogP contribution is -2.41. The third-order valence-corrected chi connectivity index (χ3v) is 7.20. The summed E-state index contributed by atoms with van der Waals surface area (Å²) in [6.45, 7) is 5.39. The smallest absolute Gasteiger partial charge is 0.253 e. The van der Waals surface area contributed by atoms with Crippen LogP contribution in [0.2, 0.25) is 5.02 Å². The van der Waals surface area contributed by atoms with Crippen LogP contribution in [-0.2, 0) is 4.79 Å². The number of hydrogen-bond acceptors (Lipinski definition) is 6. The molecule has 1 fully saturated rings. The molecule has 3 rings (SSSR count). The van der Waals surface area contributed by atoms with Crippen molar-refractivity contribution in [1.82, 2.24) is 15.1 Å². The van der Waals surface area contributed by atoms with Crippen molar-refractivity contribution < 1.29 is 9.59 Å². The fourth-order valence-electron chi connectivity index (χ4n) is 2.89. The Morgan fingerprint density at radius 1 is 1.29 bits per heavy atom. The average Bonchev–Trinajstić information content (AvgIpc) is 3.14. The van der Waals surface area contributed by atoms with Gasteiger partial charge in [-0.1, -0.05) is 48.5 Å². The van der Waals surface area contributed by atoms with E-state index in [2.05, 4.69) is 29.4 Å². The van der Waals surface area contributed by atoms with E-state index in [1.165, 1.54) is 11.3 Å². The molecule has 0 saturated carbocycles. The number of piperidine rings is 1. The Morgan fingerprint density at radius 2 is 1.96 bits per heavy atom. The second-order valence-electron chi connectivity index (χ2n) is 6.77. The number of benzene rings is 1. The minimum atomic E-state index is -0.121. The number of rotatable bonds is 6. The molecule has 1 N–H and O–H groups in total. The van der Waals surface area contributed by atoms with Gasteiger partial charge in [0.15, 0.2) is 4.34 Å². The summed E-state index contributed by atoms with van der Waals surface area (Å²) in [5.41, 5.74) is 0.618. The van der Waals surface area contributed by atoms with E-state index in [0.717, 1.165) is 10.8 Å². The van der Waals surface area contributed by atoms with Crippen LogP contribution in [0.1, 0.15) is 43.5 Å². The lowest BCUT2D eigenvalue weighted by molar-refractivity contribution is -0.121. The summed E-state index contributed by atoms with van der Waals surface area (Å²) < 4.78 is 0.869. The molecule has 1 unspecified atom stereocenters. The number of nitrogens with one attached hydrogen (secondary N) is 1. The Labute approximate surface area is 178 Å². The predicted molar refractivity (Wildman–Crippen MR) is 114 cm³/mol. The summed E-state index contributed by atoms with van der Waals surface area (Å²) >= 11 is 8.95. The van der Waals surface area contributed by atoms with E-state index < -0.39 is 0 Å². The van der Waals surface area contributed by atoms with Crippen LogP contribution in [0.3, 0.4) is 0 Å². The number of anilines is 1. The number of nitrogens with zero attached hydrogens (tertiary/aromatic N) is 3. The van der Waals surface area contributed by atoms with Gasteiger partial charge in [-0.25, -0.2) is 0 Å². The van der Waals surface area contributed by atoms with Gasteiger partial charge < -0.3 is 10.2 Å². The lowest BCUT2D eigenvalue weighted by atomic mass is 9.95. The van der Waals surface area contributed by atoms with E-state index in [1.807, 2.05) is 0 Å². The number of aromatic nitrogens is 2. The first-order chi connectivity index (χ1) is 13.5. The number of carbonyl (C=O) groups is 2. The van der Waals surface area contributed by atoms with Gasteiger partial charge in [0.2, 0.25) is 11.0 Å². The number of amides is 2. The molecular formula is C19H23ClN4O2S2. The maximum absolute atomic E-state index is 12.6. The van der Waals surface area contributed by atoms with Crippen LogP contribution >= 0.6 is 34.7 Å². The molecule has 0 bridgehead atoms. The van der Waals surface area contributed by atoms with Crippen molar-refractivity contribution in [2.45, 2.75) is 42.7 Å². The van der Waals surface area contributed by atoms with Crippen molar-refractivity contribution in [3.8, 4) is 0 Å². The molecule has 0 aliphatic carbocycles. The SMILES string of the molecule is CCC(C)Sc1nnc(NC(=O)C2CCN(C(=O)c3ccc(Cl)cc3)CC2)s1. The zero-order valence-corrected chi connectivity index (χ0v) is 18.2. The van der Waals surface area contributed by atoms with Gasteiger partial charge in [0, 0.05) is 34.8 Å². The van der Waals surface area contributed by atoms with Gasteiger partial charge in [-0.2, -0.15) is 0 Å². The highest BCUT2D eigenvalue weighted by Crippen LogP contribution is 2.30. The fourth-order valence-corrected chi connectivity index (χ4v) is 5.02. The van der Waals surface area contributed by atoms with Crippen molar-refractivity contribution in [3.05, 3.63) is 34.9 Å². The summed E-state index contributed by atoms with van der Waals surface area (Å²) in [4.78, 5) is 26.9. The summed E-state index contributed by atoms with van der Waals surface area (Å²) in [5.74, 6) is -0.190. The highest BCUT2D eigenvalue weighted by atomic mass is 35.5. The number of thioether (sulfide) groups is 1. The minimum absolute atomic E-state index is 0.0219. The first kappa shape index (κ1) is 21.1. The molecule has 2 amide bonds. The quantitative estimate of drug-likeness (QED) is 0.528. The van der Waals surface area contributed by atoms with Crippen LogP contribution in [0.15, 0.2) is 28.6 Å². The monoisotopic (exact) mass is 438 g/mol. The second kappa shape index (κ2) is 9.71. The Kier molecular flexibility index (Phi) is 7.31. The van der Waals surface area contributed by atoms with E-state index in [0.29, 0.717) is 46.9 Å². The molecule has 1 aromatic carbocycles. The third-order valence-electron chi connectivity index (χ3n) is 4.76. The average molecular weight is 439 g/mol. The van der Waals surface area contributed by atoms with Crippen molar-refractivity contribution in [2.24, 2.45) is 5.92 Å². The summed E-state index contributed by atoms with van der Waals surface area (Å²) in [5, 5.41) is 12.7. The molecule has 1 aliphatic heterocycles. The molecule has 1 atom stereocenters. The molecule has 0 spiro atoms. The van der Waals surface area contributed by atoms with E-state index in [1.54, 1.807) is 40.9 Å². The fraction of sp³-hybridized carbons (Fsp3) is 0.474. The highest BCUT2D eigenvalue weighted by molar-refractivity contribution is 8.01. The largest absolute Gasteiger partial charge is 0.339 e. The molecule has 150 valence electrons. The maximum Gasteiger partial charge on any atom is 0.253 e. The highest BCUT2D eigenvalue weighted by Gasteiger charge is 2.28. The van der Waals surface area contributed by atoms with Crippen LogP contribution < -0.4 is 5.32 Å². The topological polar surface area (TPSA) is 75.2 Å². The Hall–Kier alpha value is -1.64. The zero-order valence-electron chi connectivity index (χ0n) is 15.9. The number of carbonyl (C=O) groups excluding carboxylic acids is 2. The van der Waals surface area contributed by atoms with Gasteiger partial charge in [-0.15, -0.1) is 10.2 Å². The molecule has 9 heteroatoms. The first-order valence-electron chi connectivity index (χ1n) is 9.32. The summed E-state index contributed by atoms with van der Waals surface area (Å²) in [6.07, 6.45) is 2.33. The van der Waals surface area contributed by atoms with Crippen LogP contribution in [0.4, 0.5) is 5.13 Å². The molecule has 28 heavy (non-hydrogen) atoms. The number of likely N-dealkylation sites (tertiary alicyclic amines) is 1. The van der Waals surface area contributed by atoms with Gasteiger partial charge in [0.05, 0.1) is 0 Å². The number of hydrogen-bond donors (Lipinski definition) is 1. The van der Waals surface area contributed by atoms with E-state index >= 15 is 0 Å². The molecule has 2 aromatic rings. The molecular weight excluding hydrogens is 416 g/mol. The van der Waals surface area contributed by atoms with Crippen LogP contribution in [0, 0.1) is 5.92 Å². The molecule has 1 aromatic heterocycles. The van der Waals surface area contributed by atoms with Crippen LogP contribution in [0.5, 0.6) is 0 Å². The Bertz CT molecular complexity index is 820. The van der Waals surface area contributed by atoms with Gasteiger partial charge in [-0.05, 0) is 43.5 Å². The molecule has 1 saturated heterocycles. The zero-order chi connectivity index (χ0) is 20.1. The van der Waals surface area contributed by atoms with Crippen molar-refractivity contribution >= 4 is 51.6 Å². The van der Waals surface area contributed by atoms with Gasteiger partial charge in [0.1, 0.15) is 0 Å². The van der Waals surface area contributed by atoms with Crippen molar-refractivity contribution in [3.63, 3.8) is 0 Å². The number of halogens is 1. The van der Waals surface area contributed by atoms with Crippen molar-refractivity contribution in [1.29, 1.82) is 0 Å².